The predicted molar refractivity (Wildman–Crippen MR) is 48.2 cm³/mol. The Morgan fingerprint density at radius 2 is 1.92 bits per heavy atom. The van der Waals surface area contributed by atoms with Gasteiger partial charge in [0, 0.05) is 40.4 Å². The predicted octanol–water partition coefficient (Wildman–Crippen LogP) is -0.301. The first kappa shape index (κ1) is 12.6. The fourth-order valence-corrected chi connectivity index (χ4v) is 0.997. The van der Waals surface area contributed by atoms with Crippen molar-refractivity contribution in [2.75, 3.05) is 0 Å². The minimum Gasteiger partial charge on any atom is -0.506 e. The third kappa shape index (κ3) is 2.54. The molecule has 1 aromatic heterocycles. The van der Waals surface area contributed by atoms with Crippen LogP contribution in [0.1, 0.15) is 16.8 Å². The normalized spacial score (nSPS) is 9.46. The minimum absolute atomic E-state index is 0. The van der Waals surface area contributed by atoms with Gasteiger partial charge in [-0.05, 0) is 6.92 Å². The van der Waals surface area contributed by atoms with Crippen LogP contribution in [0.15, 0.2) is 6.20 Å². The van der Waals surface area contributed by atoms with E-state index in [0.29, 0.717) is 16.8 Å². The van der Waals surface area contributed by atoms with E-state index in [2.05, 4.69) is 4.98 Å². The fraction of sp³-hybridized carbons (Fsp3) is 0.375. The maximum atomic E-state index is 9.38. The molecule has 0 aromatic carbocycles. The van der Waals surface area contributed by atoms with Gasteiger partial charge in [0.2, 0.25) is 0 Å². The van der Waals surface area contributed by atoms with E-state index in [1.807, 2.05) is 0 Å². The molecule has 1 aromatic rings. The van der Waals surface area contributed by atoms with Crippen molar-refractivity contribution in [3.63, 3.8) is 0 Å². The highest BCUT2D eigenvalue weighted by Gasteiger charge is 2.09. The van der Waals surface area contributed by atoms with Crippen molar-refractivity contribution in [2.45, 2.75) is 20.1 Å². The molecule has 0 amide bonds. The van der Waals surface area contributed by atoms with Gasteiger partial charge in [0.25, 0.3) is 0 Å². The van der Waals surface area contributed by atoms with Crippen molar-refractivity contribution in [1.82, 2.24) is 4.98 Å². The number of hydrogen-bond acceptors (Lipinski definition) is 4. The molecular weight excluding hydrogens is 182 g/mol. The van der Waals surface area contributed by atoms with Crippen LogP contribution in [-0.4, -0.2) is 43.4 Å². The summed E-state index contributed by atoms with van der Waals surface area (Å²) in [7, 11) is 0. The number of aliphatic hydroxyl groups is 2. The Morgan fingerprint density at radius 3 is 2.38 bits per heavy atom. The molecule has 1 heterocycles. The monoisotopic (exact) mass is 193 g/mol. The Kier molecular flexibility index (Phi) is 5.23. The summed E-state index contributed by atoms with van der Waals surface area (Å²) in [6, 6.07) is 0. The van der Waals surface area contributed by atoms with Crippen LogP contribution in [0.4, 0.5) is 0 Å². The lowest BCUT2D eigenvalue weighted by Crippen LogP contribution is -1.98. The maximum Gasteiger partial charge on any atom is 0.142 e. The Bertz CT molecular complexity index is 291. The smallest absolute Gasteiger partial charge is 0.142 e. The molecule has 68 valence electrons. The van der Waals surface area contributed by atoms with Gasteiger partial charge in [0.05, 0.1) is 18.9 Å². The number of pyridine rings is 1. The lowest BCUT2D eigenvalue weighted by molar-refractivity contribution is 0.254. The number of rotatable bonds is 2. The zero-order valence-corrected chi connectivity index (χ0v) is 8.90. The molecule has 3 N–H and O–H groups in total. The highest BCUT2D eigenvalue weighted by Crippen LogP contribution is 2.23. The van der Waals surface area contributed by atoms with Gasteiger partial charge in [-0.3, -0.25) is 4.98 Å². The first-order chi connectivity index (χ1) is 5.70. The van der Waals surface area contributed by atoms with Gasteiger partial charge in [-0.2, -0.15) is 0 Å². The summed E-state index contributed by atoms with van der Waals surface area (Å²) in [5, 5.41) is 27.0. The molecule has 0 saturated carbocycles. The molecule has 0 fully saturated rings. The molecule has 4 nitrogen and oxygen atoms in total. The van der Waals surface area contributed by atoms with Gasteiger partial charge in [-0.1, -0.05) is 0 Å². The topological polar surface area (TPSA) is 73.6 Å². The van der Waals surface area contributed by atoms with E-state index in [9.17, 15) is 5.11 Å². The number of aromatic hydroxyl groups is 1. The maximum absolute atomic E-state index is 9.38. The third-order valence-corrected chi connectivity index (χ3v) is 1.76. The van der Waals surface area contributed by atoms with Crippen molar-refractivity contribution >= 4 is 23.1 Å². The Labute approximate surface area is 92.4 Å². The molecule has 0 aliphatic carbocycles. The largest absolute Gasteiger partial charge is 0.506 e. The van der Waals surface area contributed by atoms with Crippen LogP contribution >= 0.6 is 0 Å². The lowest BCUT2D eigenvalue weighted by Gasteiger charge is -2.07. The molecule has 0 atom stereocenters. The van der Waals surface area contributed by atoms with Crippen LogP contribution in [0.2, 0.25) is 0 Å². The first-order valence-electron chi connectivity index (χ1n) is 3.58. The average molecular weight is 193 g/mol. The molecule has 2 radical (unpaired) electrons. The van der Waals surface area contributed by atoms with Gasteiger partial charge in [-0.15, -0.1) is 0 Å². The summed E-state index contributed by atoms with van der Waals surface area (Å²) in [5.41, 5.74) is 1.27. The van der Waals surface area contributed by atoms with Gasteiger partial charge < -0.3 is 15.3 Å². The first-order valence-corrected chi connectivity index (χ1v) is 3.58. The van der Waals surface area contributed by atoms with E-state index in [-0.39, 0.29) is 42.0 Å². The minimum atomic E-state index is -0.287. The van der Waals surface area contributed by atoms with Gasteiger partial charge >= 0.3 is 0 Å². The number of hydrogen-bond donors (Lipinski definition) is 3. The van der Waals surface area contributed by atoms with Gasteiger partial charge in [0.15, 0.2) is 0 Å². The van der Waals surface area contributed by atoms with E-state index in [0.717, 1.165) is 0 Å². The van der Waals surface area contributed by atoms with E-state index < -0.39 is 0 Å². The summed E-state index contributed by atoms with van der Waals surface area (Å²) in [4.78, 5) is 3.84. The molecular formula is C8H11MgNO3. The van der Waals surface area contributed by atoms with E-state index >= 15 is 0 Å². The lowest BCUT2D eigenvalue weighted by atomic mass is 10.1. The molecule has 0 spiro atoms. The zero-order chi connectivity index (χ0) is 9.14. The van der Waals surface area contributed by atoms with Crippen molar-refractivity contribution in [3.8, 4) is 5.75 Å². The van der Waals surface area contributed by atoms with E-state index in [1.54, 1.807) is 6.92 Å². The van der Waals surface area contributed by atoms with Crippen LogP contribution in [0.25, 0.3) is 0 Å². The van der Waals surface area contributed by atoms with Crippen LogP contribution in [-0.2, 0) is 13.2 Å². The van der Waals surface area contributed by atoms with Gasteiger partial charge in [0.1, 0.15) is 5.75 Å². The highest BCUT2D eigenvalue weighted by molar-refractivity contribution is 5.75. The summed E-state index contributed by atoms with van der Waals surface area (Å²) in [5.74, 6) is -0.0379. The number of aromatic nitrogens is 1. The second kappa shape index (κ2) is 5.38. The molecule has 0 saturated heterocycles. The summed E-state index contributed by atoms with van der Waals surface area (Å²) in [6.07, 6.45) is 1.45. The van der Waals surface area contributed by atoms with E-state index in [4.69, 9.17) is 10.2 Å². The number of aliphatic hydroxyl groups excluding tert-OH is 2. The fourth-order valence-electron chi connectivity index (χ4n) is 0.997. The molecule has 1 rings (SSSR count). The molecule has 13 heavy (non-hydrogen) atoms. The van der Waals surface area contributed by atoms with Crippen molar-refractivity contribution < 1.29 is 15.3 Å². The quantitative estimate of drug-likeness (QED) is 0.564. The number of aryl methyl sites for hydroxylation is 1. The van der Waals surface area contributed by atoms with Crippen LogP contribution in [0.3, 0.4) is 0 Å². The van der Waals surface area contributed by atoms with Crippen molar-refractivity contribution in [3.05, 3.63) is 23.0 Å². The Balaban J connectivity index is 0.00000144. The summed E-state index contributed by atoms with van der Waals surface area (Å²) in [6.45, 7) is 1.12. The van der Waals surface area contributed by atoms with Gasteiger partial charge in [-0.25, -0.2) is 0 Å². The van der Waals surface area contributed by atoms with E-state index in [1.165, 1.54) is 6.20 Å². The SMILES string of the molecule is Cc1ncc(CO)c(CO)c1O.[Mg]. The second-order valence-electron chi connectivity index (χ2n) is 2.51. The van der Waals surface area contributed by atoms with Crippen LogP contribution in [0.5, 0.6) is 5.75 Å². The van der Waals surface area contributed by atoms with Crippen molar-refractivity contribution in [2.24, 2.45) is 0 Å². The summed E-state index contributed by atoms with van der Waals surface area (Å²) >= 11 is 0. The number of nitrogens with zero attached hydrogens (tertiary/aromatic N) is 1. The third-order valence-electron chi connectivity index (χ3n) is 1.76. The van der Waals surface area contributed by atoms with Crippen LogP contribution < -0.4 is 0 Å². The Hall–Kier alpha value is -0.364. The standard InChI is InChI=1S/C8H11NO3.Mg/c1-5-8(12)7(4-11)6(3-10)2-9-5;/h2,10-12H,3-4H2,1H3;. The molecule has 0 aliphatic rings. The average Bonchev–Trinajstić information content (AvgIpc) is 2.09. The van der Waals surface area contributed by atoms with Crippen LogP contribution in [0, 0.1) is 6.92 Å². The summed E-state index contributed by atoms with van der Waals surface area (Å²) < 4.78 is 0. The molecule has 0 unspecified atom stereocenters. The second-order valence-corrected chi connectivity index (χ2v) is 2.51. The molecule has 5 heteroatoms. The molecule has 0 bridgehead atoms. The highest BCUT2D eigenvalue weighted by atomic mass is 24.3. The molecule has 0 aliphatic heterocycles. The van der Waals surface area contributed by atoms with Crippen molar-refractivity contribution in [1.29, 1.82) is 0 Å². The zero-order valence-electron chi connectivity index (χ0n) is 7.49. The Morgan fingerprint density at radius 1 is 1.31 bits per heavy atom.